The van der Waals surface area contributed by atoms with Crippen LogP contribution >= 0.6 is 11.6 Å². The van der Waals surface area contributed by atoms with Crippen LogP contribution in [0, 0.1) is 0 Å². The molecule has 1 aliphatic heterocycles. The molecule has 1 aliphatic rings. The van der Waals surface area contributed by atoms with Gasteiger partial charge in [0.05, 0.1) is 17.6 Å². The van der Waals surface area contributed by atoms with Gasteiger partial charge in [0.2, 0.25) is 15.9 Å². The topological polar surface area (TPSA) is 102 Å². The van der Waals surface area contributed by atoms with Gasteiger partial charge in [0, 0.05) is 36.8 Å². The molecule has 0 spiro atoms. The molecule has 1 amide bonds. The van der Waals surface area contributed by atoms with Gasteiger partial charge in [-0.1, -0.05) is 29.8 Å². The summed E-state index contributed by atoms with van der Waals surface area (Å²) < 4.78 is 28.6. The van der Waals surface area contributed by atoms with Crippen molar-refractivity contribution in [1.29, 1.82) is 0 Å². The standard InChI is InChI=1S/C19H22ClN3O4S/c20-15-6-4-14(5-7-15)18-13-23(10-11-27-18)9-8-19(24)22-16-2-1-3-17(12-16)28(21,25)26/h1-7,12,18H,8-11,13H2,(H,22,24)(H2,21,25,26)/t18-/m0/s1. The molecule has 0 radical (unpaired) electrons. The predicted octanol–water partition coefficient (Wildman–Crippen LogP) is 2.39. The number of anilines is 1. The molecule has 0 saturated carbocycles. The molecular weight excluding hydrogens is 402 g/mol. The van der Waals surface area contributed by atoms with Gasteiger partial charge in [-0.25, -0.2) is 13.6 Å². The SMILES string of the molecule is NS(=O)(=O)c1cccc(NC(=O)CCN2CCO[C@H](c3ccc(Cl)cc3)C2)c1. The summed E-state index contributed by atoms with van der Waals surface area (Å²) in [6.45, 7) is 2.60. The van der Waals surface area contributed by atoms with E-state index in [-0.39, 0.29) is 23.3 Å². The van der Waals surface area contributed by atoms with Crippen molar-refractivity contribution in [3.05, 3.63) is 59.1 Å². The van der Waals surface area contributed by atoms with Gasteiger partial charge in [0.15, 0.2) is 0 Å². The summed E-state index contributed by atoms with van der Waals surface area (Å²) in [5.41, 5.74) is 1.45. The number of nitrogens with two attached hydrogens (primary N) is 1. The molecule has 9 heteroatoms. The van der Waals surface area contributed by atoms with E-state index in [1.165, 1.54) is 18.2 Å². The fraction of sp³-hybridized carbons (Fsp3) is 0.316. The largest absolute Gasteiger partial charge is 0.371 e. The van der Waals surface area contributed by atoms with E-state index in [0.29, 0.717) is 30.4 Å². The van der Waals surface area contributed by atoms with Crippen molar-refractivity contribution in [3.8, 4) is 0 Å². The normalized spacial score (nSPS) is 18.0. The third-order valence-corrected chi connectivity index (χ3v) is 5.66. The second kappa shape index (κ2) is 9.02. The molecule has 7 nitrogen and oxygen atoms in total. The number of hydrogen-bond donors (Lipinski definition) is 2. The molecule has 2 aromatic rings. The van der Waals surface area contributed by atoms with Gasteiger partial charge >= 0.3 is 0 Å². The molecule has 28 heavy (non-hydrogen) atoms. The zero-order valence-electron chi connectivity index (χ0n) is 15.2. The fourth-order valence-corrected chi connectivity index (χ4v) is 3.70. The summed E-state index contributed by atoms with van der Waals surface area (Å²) in [5.74, 6) is -0.193. The highest BCUT2D eigenvalue weighted by molar-refractivity contribution is 7.89. The molecular formula is C19H22ClN3O4S. The number of ether oxygens (including phenoxy) is 1. The number of rotatable bonds is 6. The van der Waals surface area contributed by atoms with Gasteiger partial charge in [-0.2, -0.15) is 0 Å². The molecule has 1 fully saturated rings. The third-order valence-electron chi connectivity index (χ3n) is 4.49. The van der Waals surface area contributed by atoms with Crippen LogP contribution in [-0.2, 0) is 19.6 Å². The first-order valence-corrected chi connectivity index (χ1v) is 10.8. The maximum absolute atomic E-state index is 12.2. The predicted molar refractivity (Wildman–Crippen MR) is 108 cm³/mol. The lowest BCUT2D eigenvalue weighted by molar-refractivity contribution is -0.117. The minimum atomic E-state index is -3.81. The van der Waals surface area contributed by atoms with Crippen LogP contribution in [0.25, 0.3) is 0 Å². The molecule has 3 rings (SSSR count). The van der Waals surface area contributed by atoms with Gasteiger partial charge in [-0.15, -0.1) is 0 Å². The Kier molecular flexibility index (Phi) is 6.69. The van der Waals surface area contributed by atoms with Crippen LogP contribution in [0.15, 0.2) is 53.4 Å². The molecule has 1 saturated heterocycles. The van der Waals surface area contributed by atoms with E-state index in [1.54, 1.807) is 6.07 Å². The highest BCUT2D eigenvalue weighted by Crippen LogP contribution is 2.24. The number of carbonyl (C=O) groups excluding carboxylic acids is 1. The van der Waals surface area contributed by atoms with Gasteiger partial charge in [-0.05, 0) is 35.9 Å². The smallest absolute Gasteiger partial charge is 0.238 e. The fourth-order valence-electron chi connectivity index (χ4n) is 3.02. The summed E-state index contributed by atoms with van der Waals surface area (Å²) in [6, 6.07) is 13.5. The monoisotopic (exact) mass is 423 g/mol. The van der Waals surface area contributed by atoms with E-state index < -0.39 is 10.0 Å². The maximum Gasteiger partial charge on any atom is 0.238 e. The third kappa shape index (κ3) is 5.76. The summed E-state index contributed by atoms with van der Waals surface area (Å²) in [5, 5.41) is 8.51. The van der Waals surface area contributed by atoms with E-state index >= 15 is 0 Å². The zero-order valence-corrected chi connectivity index (χ0v) is 16.7. The van der Waals surface area contributed by atoms with E-state index in [2.05, 4.69) is 10.2 Å². The number of primary sulfonamides is 1. The first-order chi connectivity index (χ1) is 13.3. The Bertz CT molecular complexity index is 934. The number of sulfonamides is 1. The average molecular weight is 424 g/mol. The van der Waals surface area contributed by atoms with Crippen LogP contribution in [0.5, 0.6) is 0 Å². The lowest BCUT2D eigenvalue weighted by atomic mass is 10.1. The summed E-state index contributed by atoms with van der Waals surface area (Å²) >= 11 is 5.93. The average Bonchev–Trinajstić information content (AvgIpc) is 2.67. The van der Waals surface area contributed by atoms with Crippen LogP contribution in [0.4, 0.5) is 5.69 Å². The quantitative estimate of drug-likeness (QED) is 0.742. The van der Waals surface area contributed by atoms with Crippen LogP contribution in [-0.4, -0.2) is 45.5 Å². The van der Waals surface area contributed by atoms with Crippen molar-refractivity contribution in [2.75, 3.05) is 31.6 Å². The molecule has 3 N–H and O–H groups in total. The van der Waals surface area contributed by atoms with Crippen molar-refractivity contribution in [1.82, 2.24) is 4.90 Å². The van der Waals surface area contributed by atoms with Crippen LogP contribution < -0.4 is 10.5 Å². The van der Waals surface area contributed by atoms with E-state index in [0.717, 1.165) is 12.1 Å². The number of nitrogens with one attached hydrogen (secondary N) is 1. The molecule has 0 unspecified atom stereocenters. The first-order valence-electron chi connectivity index (χ1n) is 8.83. The Morgan fingerprint density at radius 1 is 1.25 bits per heavy atom. The minimum absolute atomic E-state index is 0.0377. The molecule has 1 heterocycles. The zero-order chi connectivity index (χ0) is 20.1. The molecule has 1 atom stereocenters. The van der Waals surface area contributed by atoms with E-state index in [4.69, 9.17) is 21.5 Å². The first kappa shape index (κ1) is 20.8. The van der Waals surface area contributed by atoms with Crippen molar-refractivity contribution >= 4 is 33.2 Å². The summed E-state index contributed by atoms with van der Waals surface area (Å²) in [4.78, 5) is 14.4. The van der Waals surface area contributed by atoms with Crippen LogP contribution in [0.3, 0.4) is 0 Å². The van der Waals surface area contributed by atoms with Crippen molar-refractivity contribution in [3.63, 3.8) is 0 Å². The van der Waals surface area contributed by atoms with E-state index in [9.17, 15) is 13.2 Å². The van der Waals surface area contributed by atoms with E-state index in [1.807, 2.05) is 24.3 Å². The Hall–Kier alpha value is -1.97. The summed E-state index contributed by atoms with van der Waals surface area (Å²) in [6.07, 6.45) is 0.230. The minimum Gasteiger partial charge on any atom is -0.371 e. The number of hydrogen-bond acceptors (Lipinski definition) is 5. The second-order valence-corrected chi connectivity index (χ2v) is 8.58. The number of nitrogens with zero attached hydrogens (tertiary/aromatic N) is 1. The number of carbonyl (C=O) groups is 1. The Morgan fingerprint density at radius 2 is 2.00 bits per heavy atom. The van der Waals surface area contributed by atoms with Crippen molar-refractivity contribution in [2.24, 2.45) is 5.14 Å². The van der Waals surface area contributed by atoms with Crippen LogP contribution in [0.1, 0.15) is 18.1 Å². The van der Waals surface area contributed by atoms with Crippen molar-refractivity contribution in [2.45, 2.75) is 17.4 Å². The maximum atomic E-state index is 12.2. The number of amides is 1. The number of morpholine rings is 1. The van der Waals surface area contributed by atoms with Gasteiger partial charge in [0.25, 0.3) is 0 Å². The lowest BCUT2D eigenvalue weighted by Crippen LogP contribution is -2.39. The molecule has 0 bridgehead atoms. The van der Waals surface area contributed by atoms with Gasteiger partial charge in [0.1, 0.15) is 0 Å². The number of halogens is 1. The van der Waals surface area contributed by atoms with Crippen molar-refractivity contribution < 1.29 is 17.9 Å². The molecule has 0 aliphatic carbocycles. The van der Waals surface area contributed by atoms with Gasteiger partial charge < -0.3 is 10.1 Å². The lowest BCUT2D eigenvalue weighted by Gasteiger charge is -2.33. The Morgan fingerprint density at radius 3 is 2.71 bits per heavy atom. The highest BCUT2D eigenvalue weighted by Gasteiger charge is 2.22. The highest BCUT2D eigenvalue weighted by atomic mass is 35.5. The van der Waals surface area contributed by atoms with Crippen LogP contribution in [0.2, 0.25) is 5.02 Å². The van der Waals surface area contributed by atoms with Gasteiger partial charge in [-0.3, -0.25) is 9.69 Å². The molecule has 0 aromatic heterocycles. The Balaban J connectivity index is 1.52. The Labute approximate surface area is 169 Å². The molecule has 150 valence electrons. The summed E-state index contributed by atoms with van der Waals surface area (Å²) in [7, 11) is -3.81. The second-order valence-electron chi connectivity index (χ2n) is 6.58. The number of benzene rings is 2. The molecule has 2 aromatic carbocycles.